The van der Waals surface area contributed by atoms with Gasteiger partial charge in [-0.25, -0.2) is 4.79 Å². The maximum atomic E-state index is 10.9. The van der Waals surface area contributed by atoms with Crippen molar-refractivity contribution in [3.63, 3.8) is 0 Å². The van der Waals surface area contributed by atoms with Gasteiger partial charge in [0, 0.05) is 6.20 Å². The van der Waals surface area contributed by atoms with E-state index in [4.69, 9.17) is 14.6 Å². The zero-order valence-electron chi connectivity index (χ0n) is 10.4. The molecular formula is C13H14N2O4. The number of aromatic nitrogens is 2. The van der Waals surface area contributed by atoms with E-state index >= 15 is 0 Å². The number of hydrogen-bond acceptors (Lipinski definition) is 4. The monoisotopic (exact) mass is 262 g/mol. The lowest BCUT2D eigenvalue weighted by Gasteiger charge is -2.10. The van der Waals surface area contributed by atoms with Gasteiger partial charge >= 0.3 is 5.97 Å². The SMILES string of the molecule is COc1ccccc1OCCn1nccc1C(=O)O. The Bertz CT molecular complexity index is 565. The van der Waals surface area contributed by atoms with Crippen LogP contribution in [0.25, 0.3) is 0 Å². The van der Waals surface area contributed by atoms with Crippen LogP contribution in [0.3, 0.4) is 0 Å². The van der Waals surface area contributed by atoms with Gasteiger partial charge in [-0.05, 0) is 18.2 Å². The molecule has 2 rings (SSSR count). The minimum Gasteiger partial charge on any atom is -0.493 e. The van der Waals surface area contributed by atoms with Crippen LogP contribution in [0.1, 0.15) is 10.5 Å². The fourth-order valence-electron chi connectivity index (χ4n) is 1.67. The van der Waals surface area contributed by atoms with E-state index in [0.29, 0.717) is 24.7 Å². The lowest BCUT2D eigenvalue weighted by molar-refractivity contribution is 0.0682. The number of benzene rings is 1. The minimum absolute atomic E-state index is 0.142. The number of ether oxygens (including phenoxy) is 2. The summed E-state index contributed by atoms with van der Waals surface area (Å²) in [4.78, 5) is 10.9. The topological polar surface area (TPSA) is 73.6 Å². The van der Waals surface area contributed by atoms with E-state index in [0.717, 1.165) is 0 Å². The number of carboxylic acids is 1. The van der Waals surface area contributed by atoms with Crippen LogP contribution in [0.2, 0.25) is 0 Å². The van der Waals surface area contributed by atoms with Crippen LogP contribution in [0, 0.1) is 0 Å². The highest BCUT2D eigenvalue weighted by Gasteiger charge is 2.10. The average Bonchev–Trinajstić information content (AvgIpc) is 2.88. The molecule has 0 unspecified atom stereocenters. The van der Waals surface area contributed by atoms with Crippen LogP contribution in [0.5, 0.6) is 11.5 Å². The first-order valence-corrected chi connectivity index (χ1v) is 5.73. The summed E-state index contributed by atoms with van der Waals surface area (Å²) in [7, 11) is 1.57. The number of hydrogen-bond donors (Lipinski definition) is 1. The molecule has 0 aliphatic rings. The zero-order valence-corrected chi connectivity index (χ0v) is 10.4. The number of methoxy groups -OCH3 is 1. The Labute approximate surface area is 110 Å². The van der Waals surface area contributed by atoms with E-state index in [2.05, 4.69) is 5.10 Å². The van der Waals surface area contributed by atoms with Gasteiger partial charge < -0.3 is 14.6 Å². The molecule has 0 aliphatic carbocycles. The summed E-state index contributed by atoms with van der Waals surface area (Å²) >= 11 is 0. The molecule has 100 valence electrons. The maximum absolute atomic E-state index is 10.9. The smallest absolute Gasteiger partial charge is 0.354 e. The van der Waals surface area contributed by atoms with Crippen LogP contribution in [-0.2, 0) is 6.54 Å². The standard InChI is InChI=1S/C13H14N2O4/c1-18-11-4-2-3-5-12(11)19-9-8-15-10(13(16)17)6-7-14-15/h2-7H,8-9H2,1H3,(H,16,17). The molecule has 0 radical (unpaired) electrons. The summed E-state index contributed by atoms with van der Waals surface area (Å²) in [5.74, 6) is 0.255. The lowest BCUT2D eigenvalue weighted by Crippen LogP contribution is -2.15. The van der Waals surface area contributed by atoms with Crippen LogP contribution in [0.4, 0.5) is 0 Å². The van der Waals surface area contributed by atoms with Gasteiger partial charge in [0.1, 0.15) is 12.3 Å². The third kappa shape index (κ3) is 3.04. The fourth-order valence-corrected chi connectivity index (χ4v) is 1.67. The van der Waals surface area contributed by atoms with Crippen LogP contribution >= 0.6 is 0 Å². The van der Waals surface area contributed by atoms with Crippen molar-refractivity contribution in [3.05, 3.63) is 42.2 Å². The highest BCUT2D eigenvalue weighted by atomic mass is 16.5. The van der Waals surface area contributed by atoms with Crippen molar-refractivity contribution in [2.75, 3.05) is 13.7 Å². The van der Waals surface area contributed by atoms with Crippen LogP contribution in [0.15, 0.2) is 36.5 Å². The molecule has 0 saturated carbocycles. The summed E-state index contributed by atoms with van der Waals surface area (Å²) < 4.78 is 12.1. The molecule has 1 N–H and O–H groups in total. The number of carboxylic acid groups (broad SMARTS) is 1. The Kier molecular flexibility index (Phi) is 4.02. The largest absolute Gasteiger partial charge is 0.493 e. The van der Waals surface area contributed by atoms with Gasteiger partial charge in [-0.1, -0.05) is 12.1 Å². The van der Waals surface area contributed by atoms with Gasteiger partial charge in [-0.3, -0.25) is 4.68 Å². The van der Waals surface area contributed by atoms with Crippen molar-refractivity contribution >= 4 is 5.97 Å². The number of carbonyl (C=O) groups is 1. The van der Waals surface area contributed by atoms with Gasteiger partial charge in [0.25, 0.3) is 0 Å². The average molecular weight is 262 g/mol. The summed E-state index contributed by atoms with van der Waals surface area (Å²) in [6, 6.07) is 8.73. The first-order valence-electron chi connectivity index (χ1n) is 5.73. The second kappa shape index (κ2) is 5.90. The van der Waals surface area contributed by atoms with Gasteiger partial charge in [0.05, 0.1) is 13.7 Å². The molecular weight excluding hydrogens is 248 g/mol. The van der Waals surface area contributed by atoms with Crippen LogP contribution < -0.4 is 9.47 Å². The number of nitrogens with zero attached hydrogens (tertiary/aromatic N) is 2. The summed E-state index contributed by atoms with van der Waals surface area (Å²) in [5, 5.41) is 12.9. The van der Waals surface area contributed by atoms with E-state index < -0.39 is 5.97 Å². The van der Waals surface area contributed by atoms with Crippen molar-refractivity contribution in [1.82, 2.24) is 9.78 Å². The molecule has 1 heterocycles. The summed E-state index contributed by atoms with van der Waals surface area (Å²) in [5.41, 5.74) is 0.142. The maximum Gasteiger partial charge on any atom is 0.354 e. The Balaban J connectivity index is 1.96. The van der Waals surface area contributed by atoms with Gasteiger partial charge in [-0.15, -0.1) is 0 Å². The molecule has 19 heavy (non-hydrogen) atoms. The van der Waals surface area contributed by atoms with Gasteiger partial charge in [-0.2, -0.15) is 5.10 Å². The van der Waals surface area contributed by atoms with E-state index in [9.17, 15) is 4.79 Å². The molecule has 0 fully saturated rings. The number of para-hydroxylation sites is 2. The Morgan fingerprint density at radius 1 is 1.32 bits per heavy atom. The highest BCUT2D eigenvalue weighted by Crippen LogP contribution is 2.25. The number of rotatable bonds is 6. The molecule has 1 aromatic heterocycles. The lowest BCUT2D eigenvalue weighted by atomic mass is 10.3. The predicted molar refractivity (Wildman–Crippen MR) is 67.7 cm³/mol. The minimum atomic E-state index is -1.00. The molecule has 6 nitrogen and oxygen atoms in total. The third-order valence-corrected chi connectivity index (χ3v) is 2.57. The van der Waals surface area contributed by atoms with Crippen molar-refractivity contribution in [2.45, 2.75) is 6.54 Å². The first kappa shape index (κ1) is 12.9. The van der Waals surface area contributed by atoms with E-state index in [1.807, 2.05) is 12.1 Å². The van der Waals surface area contributed by atoms with E-state index in [1.165, 1.54) is 16.9 Å². The second-order valence-corrected chi connectivity index (χ2v) is 3.74. The van der Waals surface area contributed by atoms with Crippen molar-refractivity contribution in [1.29, 1.82) is 0 Å². The van der Waals surface area contributed by atoms with E-state index in [-0.39, 0.29) is 5.69 Å². The van der Waals surface area contributed by atoms with Crippen molar-refractivity contribution < 1.29 is 19.4 Å². The third-order valence-electron chi connectivity index (χ3n) is 2.57. The van der Waals surface area contributed by atoms with Crippen molar-refractivity contribution in [3.8, 4) is 11.5 Å². The molecule has 0 bridgehead atoms. The quantitative estimate of drug-likeness (QED) is 0.857. The van der Waals surface area contributed by atoms with E-state index in [1.54, 1.807) is 19.2 Å². The molecule has 2 aromatic rings. The Morgan fingerprint density at radius 2 is 2.05 bits per heavy atom. The first-order chi connectivity index (χ1) is 9.22. The normalized spacial score (nSPS) is 10.2. The second-order valence-electron chi connectivity index (χ2n) is 3.74. The molecule has 0 amide bonds. The van der Waals surface area contributed by atoms with Gasteiger partial charge in [0.2, 0.25) is 0 Å². The summed E-state index contributed by atoms with van der Waals surface area (Å²) in [6.07, 6.45) is 1.45. The molecule has 0 saturated heterocycles. The molecule has 6 heteroatoms. The Hall–Kier alpha value is -2.50. The number of aromatic carboxylic acids is 1. The van der Waals surface area contributed by atoms with Crippen LogP contribution in [-0.4, -0.2) is 34.6 Å². The fraction of sp³-hybridized carbons (Fsp3) is 0.231. The molecule has 1 aromatic carbocycles. The molecule has 0 atom stereocenters. The van der Waals surface area contributed by atoms with Crippen molar-refractivity contribution in [2.24, 2.45) is 0 Å². The molecule has 0 spiro atoms. The Morgan fingerprint density at radius 3 is 2.74 bits per heavy atom. The summed E-state index contributed by atoms with van der Waals surface area (Å²) in [6.45, 7) is 0.662. The highest BCUT2D eigenvalue weighted by molar-refractivity contribution is 5.85. The van der Waals surface area contributed by atoms with Gasteiger partial charge in [0.15, 0.2) is 11.5 Å². The zero-order chi connectivity index (χ0) is 13.7. The predicted octanol–water partition coefficient (Wildman–Crippen LogP) is 1.67. The molecule has 0 aliphatic heterocycles.